The summed E-state index contributed by atoms with van der Waals surface area (Å²) in [6.07, 6.45) is -47.2. The number of alkyl halides is 24. The lowest BCUT2D eigenvalue weighted by molar-refractivity contribution is -0.688. The van der Waals surface area contributed by atoms with Crippen LogP contribution < -0.4 is 26.4 Å². The zero-order valence-electron chi connectivity index (χ0n) is 37.3. The molecular weight excluding hydrogens is 1060 g/mol. The fraction of sp³-hybridized carbons (Fsp3) is 0.277. The Morgan fingerprint density at radius 2 is 0.541 bits per heavy atom. The zero-order chi connectivity index (χ0) is 56.2. The molecule has 74 heavy (non-hydrogen) atoms. The van der Waals surface area contributed by atoms with Crippen molar-refractivity contribution in [1.29, 1.82) is 0 Å². The first-order chi connectivity index (χ1) is 33.3. The Balaban J connectivity index is 0.000000500. The minimum absolute atomic E-state index is 0.225. The summed E-state index contributed by atoms with van der Waals surface area (Å²) in [5.74, 6) is 0. The van der Waals surface area contributed by atoms with Crippen molar-refractivity contribution in [3.63, 3.8) is 0 Å². The molecule has 0 spiro atoms. The topological polar surface area (TPSA) is 16.8 Å². The highest BCUT2D eigenvalue weighted by Crippen LogP contribution is 2.41. The second-order valence-corrected chi connectivity index (χ2v) is 17.6. The van der Waals surface area contributed by atoms with Crippen LogP contribution in [0.1, 0.15) is 76.4 Å². The van der Waals surface area contributed by atoms with Crippen LogP contribution in [0.25, 0.3) is 0 Å². The van der Waals surface area contributed by atoms with E-state index in [4.69, 9.17) is 0 Å². The first-order valence-corrected chi connectivity index (χ1v) is 20.6. The molecule has 6 aromatic rings. The van der Waals surface area contributed by atoms with Crippen molar-refractivity contribution < 1.29 is 110 Å². The van der Waals surface area contributed by atoms with Gasteiger partial charge in [0.2, 0.25) is 0 Å². The molecule has 5 aromatic carbocycles. The van der Waals surface area contributed by atoms with E-state index in [1.54, 1.807) is 0 Å². The second-order valence-electron chi connectivity index (χ2n) is 17.6. The minimum atomic E-state index is -6.13. The molecule has 0 unspecified atom stereocenters. The van der Waals surface area contributed by atoms with Crippen LogP contribution in [-0.4, -0.2) is 11.1 Å². The Labute approximate surface area is 402 Å². The number of halogens is 24. The van der Waals surface area contributed by atoms with Crippen LogP contribution in [-0.2, 0) is 61.4 Å². The van der Waals surface area contributed by atoms with Crippen molar-refractivity contribution in [2.75, 3.05) is 0 Å². The molecule has 400 valence electrons. The summed E-state index contributed by atoms with van der Waals surface area (Å²) in [6.45, 7) is 7.60. The van der Waals surface area contributed by atoms with Crippen molar-refractivity contribution in [3.8, 4) is 0 Å². The number of aromatic nitrogens is 2. The Morgan fingerprint density at radius 1 is 0.324 bits per heavy atom. The average Bonchev–Trinajstić information content (AvgIpc) is 3.24. The highest BCUT2D eigenvalue weighted by molar-refractivity contribution is 7.20. The Hall–Kier alpha value is -6.44. The molecule has 0 aliphatic heterocycles. The largest absolute Gasteiger partial charge is 0.416 e. The Bertz CT molecular complexity index is 2500. The van der Waals surface area contributed by atoms with Gasteiger partial charge in [0, 0.05) is 5.56 Å². The van der Waals surface area contributed by atoms with Crippen LogP contribution in [0.4, 0.5) is 105 Å². The zero-order valence-corrected chi connectivity index (χ0v) is 37.3. The minimum Gasteiger partial charge on any atom is -0.252 e. The normalized spacial score (nSPS) is 13.7. The van der Waals surface area contributed by atoms with Crippen molar-refractivity contribution >= 4 is 28.0 Å². The standard InChI is InChI=1S/C32H12BF24.C15H19N2/c34-25(35,36)13-1-14(26(37,38)39)6-21(5-13)33(22-7-15(27(40,41)42)2-16(8-22)28(43,44)45,23-9-17(29(46,47)48)3-18(10-23)30(49,50)51)24-11-19(31(52,53)54)4-20(12-24)32(55,56)57;1-15(2,3)14-6-4-13(5-7-14)12-17-10-8-16-9-11-17/h1-12H;4-11H,12H2,1-3H3/q-1;+1. The van der Waals surface area contributed by atoms with E-state index in [2.05, 4.69) is 54.6 Å². The van der Waals surface area contributed by atoms with E-state index in [0.29, 0.717) is 0 Å². The van der Waals surface area contributed by atoms with E-state index in [9.17, 15) is 105 Å². The van der Waals surface area contributed by atoms with Gasteiger partial charge < -0.3 is 0 Å². The third kappa shape index (κ3) is 13.6. The maximum absolute atomic E-state index is 14.2. The molecule has 0 saturated carbocycles. The van der Waals surface area contributed by atoms with Crippen LogP contribution in [0.2, 0.25) is 0 Å². The molecule has 2 nitrogen and oxygen atoms in total. The molecule has 0 atom stereocenters. The van der Waals surface area contributed by atoms with Crippen LogP contribution >= 0.6 is 0 Å². The van der Waals surface area contributed by atoms with E-state index in [1.807, 2.05) is 24.8 Å². The lowest BCUT2D eigenvalue weighted by Gasteiger charge is -2.46. The van der Waals surface area contributed by atoms with E-state index < -0.39 is 195 Å². The first kappa shape index (κ1) is 58.5. The molecule has 27 heteroatoms. The lowest BCUT2D eigenvalue weighted by Crippen LogP contribution is -2.75. The maximum atomic E-state index is 14.2. The van der Waals surface area contributed by atoms with Gasteiger partial charge in [0.25, 0.3) is 0 Å². The summed E-state index contributed by atoms with van der Waals surface area (Å²) in [5.41, 5.74) is -27.3. The highest BCUT2D eigenvalue weighted by Gasteiger charge is 2.47. The summed E-state index contributed by atoms with van der Waals surface area (Å²) < 4.78 is 343. The van der Waals surface area contributed by atoms with Gasteiger partial charge in [-0.2, -0.15) is 132 Å². The molecule has 0 bridgehead atoms. The predicted molar refractivity (Wildman–Crippen MR) is 219 cm³/mol. The molecule has 0 aliphatic rings. The number of hydrogen-bond donors (Lipinski definition) is 0. The number of rotatable bonds is 6. The molecule has 0 amide bonds. The summed E-state index contributed by atoms with van der Waals surface area (Å²) in [4.78, 5) is 4.01. The van der Waals surface area contributed by atoms with Gasteiger partial charge in [-0.25, -0.2) is 0 Å². The van der Waals surface area contributed by atoms with Gasteiger partial charge >= 0.3 is 49.4 Å². The fourth-order valence-corrected chi connectivity index (χ4v) is 7.84. The highest BCUT2D eigenvalue weighted by atomic mass is 19.4. The van der Waals surface area contributed by atoms with Crippen molar-refractivity contribution in [1.82, 2.24) is 4.98 Å². The van der Waals surface area contributed by atoms with E-state index in [-0.39, 0.29) is 5.41 Å². The molecule has 0 fully saturated rings. The lowest BCUT2D eigenvalue weighted by atomic mass is 9.12. The molecule has 0 radical (unpaired) electrons. The van der Waals surface area contributed by atoms with Crippen LogP contribution in [0.15, 0.2) is 122 Å². The smallest absolute Gasteiger partial charge is 0.252 e. The third-order valence-corrected chi connectivity index (χ3v) is 11.3. The van der Waals surface area contributed by atoms with Gasteiger partial charge in [-0.05, 0) is 35.2 Å². The molecule has 1 heterocycles. The molecule has 0 saturated heterocycles. The van der Waals surface area contributed by atoms with Gasteiger partial charge in [0.15, 0.2) is 18.9 Å². The van der Waals surface area contributed by atoms with Gasteiger partial charge in [-0.3, -0.25) is 4.98 Å². The molecule has 6 rings (SSSR count). The fourth-order valence-electron chi connectivity index (χ4n) is 7.84. The quantitative estimate of drug-likeness (QED) is 0.0923. The monoisotopic (exact) mass is 1090 g/mol. The van der Waals surface area contributed by atoms with Crippen LogP contribution in [0.5, 0.6) is 0 Å². The van der Waals surface area contributed by atoms with Crippen LogP contribution in [0.3, 0.4) is 0 Å². The molecule has 0 aliphatic carbocycles. The van der Waals surface area contributed by atoms with Gasteiger partial charge in [-0.15, -0.1) is 0 Å². The number of nitrogens with zero attached hydrogens (tertiary/aromatic N) is 2. The molecule has 0 N–H and O–H groups in total. The maximum Gasteiger partial charge on any atom is 0.416 e. The van der Waals surface area contributed by atoms with E-state index in [0.717, 1.165) is 6.54 Å². The van der Waals surface area contributed by atoms with Crippen molar-refractivity contribution in [2.24, 2.45) is 0 Å². The van der Waals surface area contributed by atoms with Crippen molar-refractivity contribution in [3.05, 3.63) is 177 Å². The van der Waals surface area contributed by atoms with Crippen molar-refractivity contribution in [2.45, 2.75) is 82.1 Å². The SMILES string of the molecule is CC(C)(C)c1ccc(C[n+]2ccncc2)cc1.FC(F)(F)c1cc([B-](c2cc(C(F)(F)F)cc(C(F)(F)F)c2)(c2cc(C(F)(F)F)cc(C(F)(F)F)c2)c2cc(C(F)(F)F)cc(C(F)(F)F)c2)cc(C(F)(F)F)c1. The second kappa shape index (κ2) is 19.7. The summed E-state index contributed by atoms with van der Waals surface area (Å²) in [6, 6.07) is 0.0331. The molecular formula is C47H31BF24N2. The predicted octanol–water partition coefficient (Wildman–Crippen LogP) is 13.9. The van der Waals surface area contributed by atoms with E-state index >= 15 is 0 Å². The summed E-state index contributed by atoms with van der Waals surface area (Å²) in [7, 11) is 0. The van der Waals surface area contributed by atoms with E-state index in [1.165, 1.54) is 11.1 Å². The Morgan fingerprint density at radius 3 is 0.730 bits per heavy atom. The summed E-state index contributed by atoms with van der Waals surface area (Å²) >= 11 is 0. The van der Waals surface area contributed by atoms with Gasteiger partial charge in [-0.1, -0.05) is 93.6 Å². The third-order valence-electron chi connectivity index (χ3n) is 11.3. The average molecular weight is 1090 g/mol. The van der Waals surface area contributed by atoms with Gasteiger partial charge in [0.1, 0.15) is 6.15 Å². The first-order valence-electron chi connectivity index (χ1n) is 20.6. The molecule has 1 aromatic heterocycles. The van der Waals surface area contributed by atoms with Gasteiger partial charge in [0.05, 0.1) is 56.9 Å². The van der Waals surface area contributed by atoms with Crippen LogP contribution in [0, 0.1) is 0 Å². The number of benzene rings is 5. The summed E-state index contributed by atoms with van der Waals surface area (Å²) in [5, 5.41) is 0. The Kier molecular flexibility index (Phi) is 15.5. The number of hydrogen-bond acceptors (Lipinski definition) is 1.